The van der Waals surface area contributed by atoms with Gasteiger partial charge in [-0.3, -0.25) is 0 Å². The van der Waals surface area contributed by atoms with E-state index in [1.807, 2.05) is 0 Å². The lowest BCUT2D eigenvalue weighted by Crippen LogP contribution is -2.60. The van der Waals surface area contributed by atoms with Gasteiger partial charge in [-0.05, 0) is 116 Å². The van der Waals surface area contributed by atoms with Gasteiger partial charge in [0, 0.05) is 49.9 Å². The van der Waals surface area contributed by atoms with Crippen LogP contribution in [0, 0.1) is 0 Å². The number of hydrogen-bond acceptors (Lipinski definition) is 3. The molecule has 0 saturated carbocycles. The van der Waals surface area contributed by atoms with Crippen molar-refractivity contribution in [3.63, 3.8) is 0 Å². The number of furan rings is 2. The molecule has 59 heavy (non-hydrogen) atoms. The molecule has 9 aromatic rings. The fourth-order valence-corrected chi connectivity index (χ4v) is 11.0. The van der Waals surface area contributed by atoms with Crippen LogP contribution in [0.5, 0.6) is 0 Å². The maximum Gasteiger partial charge on any atom is 0.375 e. The quantitative estimate of drug-likeness (QED) is 0.156. The number of para-hydroxylation sites is 1. The molecule has 292 valence electrons. The van der Waals surface area contributed by atoms with Crippen LogP contribution in [0.2, 0.25) is 0 Å². The summed E-state index contributed by atoms with van der Waals surface area (Å²) in [5.74, 6) is 0. The highest BCUT2D eigenvalue weighted by molar-refractivity contribution is 6.93. The van der Waals surface area contributed by atoms with E-state index < -0.39 is 0 Å². The summed E-state index contributed by atoms with van der Waals surface area (Å²) in [5, 5.41) is 5.93. The first kappa shape index (κ1) is 35.3. The molecule has 0 spiro atoms. The van der Waals surface area contributed by atoms with E-state index in [0.717, 1.165) is 56.2 Å². The van der Waals surface area contributed by atoms with E-state index in [9.17, 15) is 0 Å². The fraction of sp³-hybridized carbons (Fsp3) is 0.296. The van der Waals surface area contributed by atoms with Gasteiger partial charge in [0.2, 0.25) is 0 Å². The molecular weight excluding hydrogens is 719 g/mol. The molecule has 2 aliphatic heterocycles. The molecule has 0 fully saturated rings. The third-order valence-corrected chi connectivity index (χ3v) is 14.6. The van der Waals surface area contributed by atoms with Crippen molar-refractivity contribution in [1.29, 1.82) is 0 Å². The van der Waals surface area contributed by atoms with Gasteiger partial charge in [-0.2, -0.15) is 0 Å². The molecule has 4 nitrogen and oxygen atoms in total. The fourth-order valence-electron chi connectivity index (χ4n) is 11.0. The summed E-state index contributed by atoms with van der Waals surface area (Å²) in [7, 11) is 0. The van der Waals surface area contributed by atoms with Crippen LogP contribution in [0.15, 0.2) is 112 Å². The smallest absolute Gasteiger partial charge is 0.375 e. The SMILES string of the molecule is CC(C)(C)c1ccc(N2B3c4oc5ccc(C(C)(C)C)cc5c4-n4c5cc6oc7ccccc7c6cc5c5ccc(c3c54)-c3cc4c(cc32)C(C)(C)CCC4(C)C)cc1. The Morgan fingerprint density at radius 1 is 0.559 bits per heavy atom. The molecule has 1 aliphatic carbocycles. The van der Waals surface area contributed by atoms with Crippen molar-refractivity contribution in [2.24, 2.45) is 0 Å². The van der Waals surface area contributed by atoms with Crippen LogP contribution < -0.4 is 15.9 Å². The number of anilines is 2. The summed E-state index contributed by atoms with van der Waals surface area (Å²) in [6, 6.07) is 39.3. The summed E-state index contributed by atoms with van der Waals surface area (Å²) >= 11 is 0. The van der Waals surface area contributed by atoms with Crippen molar-refractivity contribution < 1.29 is 8.83 Å². The molecule has 6 aromatic carbocycles. The predicted octanol–water partition coefficient (Wildman–Crippen LogP) is 13.6. The van der Waals surface area contributed by atoms with E-state index in [0.29, 0.717) is 0 Å². The molecule has 3 aliphatic rings. The summed E-state index contributed by atoms with van der Waals surface area (Å²) in [5.41, 5.74) is 19.3. The summed E-state index contributed by atoms with van der Waals surface area (Å²) in [4.78, 5) is 2.63. The van der Waals surface area contributed by atoms with Gasteiger partial charge in [0.1, 0.15) is 22.4 Å². The maximum absolute atomic E-state index is 7.34. The average Bonchev–Trinajstić information content (AvgIpc) is 3.86. The van der Waals surface area contributed by atoms with Gasteiger partial charge in [-0.1, -0.05) is 118 Å². The minimum atomic E-state index is -0.194. The lowest BCUT2D eigenvalue weighted by molar-refractivity contribution is 0.332. The number of fused-ring (bicyclic) bond motifs is 14. The average molecular weight is 771 g/mol. The van der Waals surface area contributed by atoms with Crippen molar-refractivity contribution in [2.75, 3.05) is 4.81 Å². The first-order chi connectivity index (χ1) is 28.0. The molecule has 5 heterocycles. The van der Waals surface area contributed by atoms with Gasteiger partial charge in [-0.15, -0.1) is 0 Å². The Morgan fingerprint density at radius 3 is 1.97 bits per heavy atom. The van der Waals surface area contributed by atoms with Crippen LogP contribution in [0.3, 0.4) is 0 Å². The minimum Gasteiger partial charge on any atom is -0.466 e. The number of nitrogens with zero attached hydrogens (tertiary/aromatic N) is 2. The van der Waals surface area contributed by atoms with Crippen LogP contribution in [-0.4, -0.2) is 11.4 Å². The van der Waals surface area contributed by atoms with E-state index in [1.54, 1.807) is 0 Å². The Hall–Kier alpha value is -5.68. The Bertz CT molecular complexity index is 3300. The molecule has 3 aromatic heterocycles. The number of aromatic nitrogens is 1. The second kappa shape index (κ2) is 11.1. The molecule has 0 atom stereocenters. The van der Waals surface area contributed by atoms with Crippen LogP contribution in [0.4, 0.5) is 11.4 Å². The van der Waals surface area contributed by atoms with Crippen LogP contribution in [0.25, 0.3) is 71.5 Å². The highest BCUT2D eigenvalue weighted by atomic mass is 16.3. The molecule has 0 N–H and O–H groups in total. The van der Waals surface area contributed by atoms with E-state index >= 15 is 0 Å². The summed E-state index contributed by atoms with van der Waals surface area (Å²) in [6.07, 6.45) is 2.33. The van der Waals surface area contributed by atoms with Gasteiger partial charge >= 0.3 is 6.85 Å². The lowest BCUT2D eigenvalue weighted by atomic mass is 9.46. The van der Waals surface area contributed by atoms with Crippen molar-refractivity contribution >= 4 is 84.1 Å². The topological polar surface area (TPSA) is 34.5 Å². The molecule has 5 heteroatoms. The molecule has 0 bridgehead atoms. The summed E-state index contributed by atoms with van der Waals surface area (Å²) < 4.78 is 16.5. The summed E-state index contributed by atoms with van der Waals surface area (Å²) in [6.45, 7) is 23.4. The number of rotatable bonds is 1. The molecule has 0 amide bonds. The van der Waals surface area contributed by atoms with E-state index in [4.69, 9.17) is 8.83 Å². The van der Waals surface area contributed by atoms with E-state index in [1.165, 1.54) is 72.9 Å². The Kier molecular flexibility index (Phi) is 6.65. The molecule has 0 saturated heterocycles. The van der Waals surface area contributed by atoms with Gasteiger partial charge in [0.25, 0.3) is 0 Å². The largest absolute Gasteiger partial charge is 0.466 e. The normalized spacial score (nSPS) is 16.7. The van der Waals surface area contributed by atoms with Gasteiger partial charge in [0.15, 0.2) is 0 Å². The predicted molar refractivity (Wildman–Crippen MR) is 250 cm³/mol. The van der Waals surface area contributed by atoms with Crippen LogP contribution in [0.1, 0.15) is 104 Å². The lowest BCUT2D eigenvalue weighted by Gasteiger charge is -2.45. The zero-order valence-corrected chi connectivity index (χ0v) is 36.0. The van der Waals surface area contributed by atoms with E-state index in [-0.39, 0.29) is 28.5 Å². The third-order valence-electron chi connectivity index (χ3n) is 14.6. The van der Waals surface area contributed by atoms with Gasteiger partial charge in [-0.25, -0.2) is 0 Å². The van der Waals surface area contributed by atoms with Gasteiger partial charge < -0.3 is 18.2 Å². The zero-order valence-electron chi connectivity index (χ0n) is 36.0. The number of benzene rings is 6. The highest BCUT2D eigenvalue weighted by Crippen LogP contribution is 2.53. The van der Waals surface area contributed by atoms with Crippen LogP contribution in [-0.2, 0) is 21.7 Å². The number of hydrogen-bond donors (Lipinski definition) is 0. The first-order valence-electron chi connectivity index (χ1n) is 21.6. The first-order valence-corrected chi connectivity index (χ1v) is 21.6. The monoisotopic (exact) mass is 770 g/mol. The molecule has 12 rings (SSSR count). The van der Waals surface area contributed by atoms with Crippen molar-refractivity contribution in [3.05, 3.63) is 125 Å². The molecule has 0 radical (unpaired) electrons. The second-order valence-corrected chi connectivity index (χ2v) is 21.3. The van der Waals surface area contributed by atoms with E-state index in [2.05, 4.69) is 182 Å². The molecule has 0 unspecified atom stereocenters. The van der Waals surface area contributed by atoms with Gasteiger partial charge in [0.05, 0.1) is 16.7 Å². The third kappa shape index (κ3) is 4.68. The van der Waals surface area contributed by atoms with Crippen molar-refractivity contribution in [3.8, 4) is 16.8 Å². The Morgan fingerprint density at radius 2 is 1.24 bits per heavy atom. The molecular formula is C54H51BN2O2. The minimum absolute atomic E-state index is 0.0309. The van der Waals surface area contributed by atoms with Crippen LogP contribution >= 0.6 is 0 Å². The standard InChI is InChI=1S/C54H51BN2O2/c1-51(2,3)30-15-18-32(19-16-30)57-43-28-41-40(53(7,8)23-24-54(41,9)10)27-37(43)34-20-21-35-36-26-38-33-13-11-12-14-44(33)58-46(38)29-42(36)56-48(35)47(34)55(57)50-49(56)39-25-31(52(4,5)6)17-22-45(39)59-50/h11-22,25-29H,23-24H2,1-10H3. The highest BCUT2D eigenvalue weighted by Gasteiger charge is 2.49. The Labute approximate surface area is 346 Å². The Balaban J connectivity index is 1.26. The van der Waals surface area contributed by atoms with Crippen molar-refractivity contribution in [1.82, 2.24) is 4.57 Å². The van der Waals surface area contributed by atoms with Crippen molar-refractivity contribution in [2.45, 2.75) is 104 Å². The zero-order chi connectivity index (χ0) is 40.7. The second-order valence-electron chi connectivity index (χ2n) is 21.3. The maximum atomic E-state index is 7.34.